The van der Waals surface area contributed by atoms with E-state index in [1.54, 1.807) is 0 Å². The van der Waals surface area contributed by atoms with Crippen LogP contribution in [0.1, 0.15) is 0 Å². The molecule has 1 heterocycles. The monoisotopic (exact) mass is 207 g/mol. The number of nitro benzene ring substituents is 1. The fourth-order valence-corrected chi connectivity index (χ4v) is 1.30. The van der Waals surface area contributed by atoms with Gasteiger partial charge in [-0.3, -0.25) is 14.9 Å². The Labute approximate surface area is 82.5 Å². The van der Waals surface area contributed by atoms with Crippen LogP contribution in [0.15, 0.2) is 33.7 Å². The van der Waals surface area contributed by atoms with Gasteiger partial charge in [0.2, 0.25) is 5.75 Å². The molecule has 0 bridgehead atoms. The van der Waals surface area contributed by atoms with Gasteiger partial charge in [-0.2, -0.15) is 0 Å². The Kier molecular flexibility index (Phi) is 1.89. The molecule has 6 nitrogen and oxygen atoms in total. The molecule has 0 unspecified atom stereocenters. The van der Waals surface area contributed by atoms with Crippen LogP contribution in [0.4, 0.5) is 5.69 Å². The van der Waals surface area contributed by atoms with Gasteiger partial charge in [-0.1, -0.05) is 0 Å². The van der Waals surface area contributed by atoms with Crippen LogP contribution < -0.4 is 5.43 Å². The van der Waals surface area contributed by atoms with Crippen LogP contribution in [0, 0.1) is 10.1 Å². The number of phenolic OH excluding ortho intramolecular Hbond substituents is 1. The van der Waals surface area contributed by atoms with Crippen molar-refractivity contribution in [1.82, 2.24) is 0 Å². The summed E-state index contributed by atoms with van der Waals surface area (Å²) in [6.07, 6.45) is 1.16. The molecule has 0 fully saturated rings. The van der Waals surface area contributed by atoms with E-state index in [2.05, 4.69) is 0 Å². The average molecular weight is 207 g/mol. The number of aromatic hydroxyl groups is 1. The van der Waals surface area contributed by atoms with Crippen molar-refractivity contribution in [2.45, 2.75) is 0 Å². The summed E-state index contributed by atoms with van der Waals surface area (Å²) >= 11 is 0. The molecule has 0 radical (unpaired) electrons. The number of nitro groups is 1. The number of hydrogen-bond acceptors (Lipinski definition) is 5. The highest BCUT2D eigenvalue weighted by Gasteiger charge is 2.18. The van der Waals surface area contributed by atoms with Gasteiger partial charge in [-0.15, -0.1) is 0 Å². The number of fused-ring (bicyclic) bond motifs is 1. The van der Waals surface area contributed by atoms with E-state index in [4.69, 9.17) is 4.42 Å². The summed E-state index contributed by atoms with van der Waals surface area (Å²) in [5.41, 5.74) is -0.913. The van der Waals surface area contributed by atoms with Gasteiger partial charge in [0, 0.05) is 12.1 Å². The van der Waals surface area contributed by atoms with Crippen LogP contribution in [0.25, 0.3) is 11.0 Å². The number of benzene rings is 1. The third-order valence-corrected chi connectivity index (χ3v) is 1.98. The van der Waals surface area contributed by atoms with E-state index in [1.165, 1.54) is 6.07 Å². The van der Waals surface area contributed by atoms with Gasteiger partial charge in [-0.05, 0) is 6.07 Å². The number of nitrogens with zero attached hydrogens (tertiary/aromatic N) is 1. The first kappa shape index (κ1) is 9.20. The predicted molar refractivity (Wildman–Crippen MR) is 50.8 cm³/mol. The molecule has 0 aliphatic rings. The molecular weight excluding hydrogens is 202 g/mol. The molecule has 0 spiro atoms. The number of rotatable bonds is 1. The van der Waals surface area contributed by atoms with Gasteiger partial charge in [0.05, 0.1) is 11.2 Å². The van der Waals surface area contributed by atoms with E-state index in [0.29, 0.717) is 0 Å². The van der Waals surface area contributed by atoms with Gasteiger partial charge in [0.15, 0.2) is 5.43 Å². The minimum atomic E-state index is -0.763. The topological polar surface area (TPSA) is 93.6 Å². The summed E-state index contributed by atoms with van der Waals surface area (Å²) in [4.78, 5) is 21.1. The van der Waals surface area contributed by atoms with Crippen molar-refractivity contribution in [3.63, 3.8) is 0 Å². The maximum Gasteiger partial charge on any atom is 0.311 e. The zero-order chi connectivity index (χ0) is 11.0. The maximum absolute atomic E-state index is 11.3. The zero-order valence-corrected chi connectivity index (χ0v) is 7.34. The van der Waals surface area contributed by atoms with Crippen LogP contribution in [-0.2, 0) is 0 Å². The molecule has 0 atom stereocenters. The summed E-state index contributed by atoms with van der Waals surface area (Å²) in [6, 6.07) is 3.45. The third kappa shape index (κ3) is 1.32. The summed E-state index contributed by atoms with van der Waals surface area (Å²) in [6.45, 7) is 0. The first-order valence-corrected chi connectivity index (χ1v) is 3.99. The fraction of sp³-hybridized carbons (Fsp3) is 0. The molecule has 15 heavy (non-hydrogen) atoms. The van der Waals surface area contributed by atoms with E-state index < -0.39 is 21.8 Å². The van der Waals surface area contributed by atoms with Crippen LogP contribution in [-0.4, -0.2) is 10.0 Å². The predicted octanol–water partition coefficient (Wildman–Crippen LogP) is 1.41. The second-order valence-corrected chi connectivity index (χ2v) is 2.85. The van der Waals surface area contributed by atoms with Gasteiger partial charge in [0.1, 0.15) is 11.0 Å². The first-order chi connectivity index (χ1) is 7.11. The Morgan fingerprint density at radius 1 is 1.33 bits per heavy atom. The Morgan fingerprint density at radius 3 is 2.73 bits per heavy atom. The zero-order valence-electron chi connectivity index (χ0n) is 7.34. The quantitative estimate of drug-likeness (QED) is 0.563. The highest BCUT2D eigenvalue weighted by atomic mass is 16.6. The molecule has 0 aliphatic heterocycles. The molecule has 0 aliphatic carbocycles. The lowest BCUT2D eigenvalue weighted by atomic mass is 10.2. The highest BCUT2D eigenvalue weighted by Crippen LogP contribution is 2.31. The highest BCUT2D eigenvalue weighted by molar-refractivity contribution is 5.86. The summed E-state index contributed by atoms with van der Waals surface area (Å²) in [7, 11) is 0. The van der Waals surface area contributed by atoms with E-state index in [1.807, 2.05) is 0 Å². The van der Waals surface area contributed by atoms with Crippen LogP contribution in [0.3, 0.4) is 0 Å². The molecule has 2 aromatic rings. The van der Waals surface area contributed by atoms with Gasteiger partial charge < -0.3 is 9.52 Å². The van der Waals surface area contributed by atoms with Crippen LogP contribution in [0.2, 0.25) is 0 Å². The van der Waals surface area contributed by atoms with Crippen LogP contribution >= 0.6 is 0 Å². The van der Waals surface area contributed by atoms with E-state index in [-0.39, 0.29) is 11.0 Å². The standard InChI is InChI=1S/C9H5NO5/c11-6-3-4-15-7-2-1-5(10(13)14)9(12)8(6)7/h1-4,12H. The fourth-order valence-electron chi connectivity index (χ4n) is 1.30. The normalized spacial score (nSPS) is 10.4. The summed E-state index contributed by atoms with van der Waals surface area (Å²) in [5, 5.41) is 19.8. The van der Waals surface area contributed by atoms with Crippen molar-refractivity contribution < 1.29 is 14.4 Å². The van der Waals surface area contributed by atoms with E-state index in [0.717, 1.165) is 18.4 Å². The van der Waals surface area contributed by atoms with Crippen molar-refractivity contribution in [3.8, 4) is 5.75 Å². The molecule has 0 saturated heterocycles. The number of hydrogen-bond donors (Lipinski definition) is 1. The van der Waals surface area contributed by atoms with Crippen molar-refractivity contribution in [2.75, 3.05) is 0 Å². The van der Waals surface area contributed by atoms with Crippen molar-refractivity contribution in [1.29, 1.82) is 0 Å². The van der Waals surface area contributed by atoms with Gasteiger partial charge >= 0.3 is 5.69 Å². The molecule has 0 saturated carbocycles. The Bertz CT molecular complexity index is 601. The van der Waals surface area contributed by atoms with Crippen molar-refractivity contribution in [2.24, 2.45) is 0 Å². The molecule has 0 amide bonds. The van der Waals surface area contributed by atoms with E-state index in [9.17, 15) is 20.0 Å². The minimum absolute atomic E-state index is 0.116. The lowest BCUT2D eigenvalue weighted by Gasteiger charge is -1.99. The van der Waals surface area contributed by atoms with Crippen molar-refractivity contribution >= 4 is 16.7 Å². The Balaban J connectivity index is 2.95. The first-order valence-electron chi connectivity index (χ1n) is 3.99. The van der Waals surface area contributed by atoms with Gasteiger partial charge in [-0.25, -0.2) is 0 Å². The Hall–Kier alpha value is -2.37. The second kappa shape index (κ2) is 3.09. The molecule has 2 rings (SSSR count). The maximum atomic E-state index is 11.3. The molecule has 76 valence electrons. The van der Waals surface area contributed by atoms with E-state index >= 15 is 0 Å². The number of phenols is 1. The molecular formula is C9H5NO5. The molecule has 1 aromatic heterocycles. The summed E-state index contributed by atoms with van der Waals surface area (Å²) in [5.74, 6) is -0.660. The largest absolute Gasteiger partial charge is 0.501 e. The lowest BCUT2D eigenvalue weighted by Crippen LogP contribution is -2.00. The minimum Gasteiger partial charge on any atom is -0.501 e. The average Bonchev–Trinajstić information content (AvgIpc) is 2.17. The van der Waals surface area contributed by atoms with Crippen LogP contribution in [0.5, 0.6) is 5.75 Å². The molecule has 1 N–H and O–H groups in total. The second-order valence-electron chi connectivity index (χ2n) is 2.85. The summed E-state index contributed by atoms with van der Waals surface area (Å²) < 4.78 is 4.93. The van der Waals surface area contributed by atoms with Gasteiger partial charge in [0.25, 0.3) is 0 Å². The Morgan fingerprint density at radius 2 is 2.07 bits per heavy atom. The van der Waals surface area contributed by atoms with Crippen molar-refractivity contribution in [3.05, 3.63) is 44.8 Å². The molecule has 6 heteroatoms. The lowest BCUT2D eigenvalue weighted by molar-refractivity contribution is -0.385. The smallest absolute Gasteiger partial charge is 0.311 e. The SMILES string of the molecule is O=c1ccoc2ccc([N+](=O)[O-])c(O)c12. The third-order valence-electron chi connectivity index (χ3n) is 1.98. The molecule has 1 aromatic carbocycles.